The molecule has 2 aliphatic heterocycles. The topological polar surface area (TPSA) is 35.6 Å². The maximum absolute atomic E-state index is 12.7. The SMILES string of the molecule is CCCC1NC(C(C)C)C(=O)N1CC1CCN(CC)CC1. The lowest BCUT2D eigenvalue weighted by Crippen LogP contribution is -2.43. The molecular weight excluding hydrogens is 262 g/mol. The Morgan fingerprint density at radius 2 is 1.90 bits per heavy atom. The van der Waals surface area contributed by atoms with Gasteiger partial charge < -0.3 is 9.80 Å². The van der Waals surface area contributed by atoms with Crippen LogP contribution in [0.2, 0.25) is 0 Å². The number of hydrogen-bond donors (Lipinski definition) is 1. The summed E-state index contributed by atoms with van der Waals surface area (Å²) in [5, 5.41) is 3.57. The fourth-order valence-electron chi connectivity index (χ4n) is 3.67. The fourth-order valence-corrected chi connectivity index (χ4v) is 3.67. The summed E-state index contributed by atoms with van der Waals surface area (Å²) in [6.07, 6.45) is 4.94. The molecule has 0 aromatic carbocycles. The second kappa shape index (κ2) is 7.59. The number of amides is 1. The molecule has 0 spiro atoms. The van der Waals surface area contributed by atoms with Gasteiger partial charge >= 0.3 is 0 Å². The van der Waals surface area contributed by atoms with Gasteiger partial charge in [-0.15, -0.1) is 0 Å². The zero-order valence-corrected chi connectivity index (χ0v) is 14.3. The van der Waals surface area contributed by atoms with E-state index in [1.54, 1.807) is 0 Å². The number of nitrogens with zero attached hydrogens (tertiary/aromatic N) is 2. The Morgan fingerprint density at radius 1 is 1.24 bits per heavy atom. The standard InChI is InChI=1S/C17H33N3O/c1-5-7-15-18-16(13(3)4)17(21)20(15)12-14-8-10-19(6-2)11-9-14/h13-16,18H,5-12H2,1-4H3. The Bertz CT molecular complexity index is 337. The van der Waals surface area contributed by atoms with E-state index in [0.29, 0.717) is 17.7 Å². The first-order valence-electron chi connectivity index (χ1n) is 8.85. The quantitative estimate of drug-likeness (QED) is 0.817. The highest BCUT2D eigenvalue weighted by molar-refractivity contribution is 5.84. The molecule has 0 radical (unpaired) electrons. The molecule has 4 nitrogen and oxygen atoms in total. The Hall–Kier alpha value is -0.610. The van der Waals surface area contributed by atoms with E-state index in [-0.39, 0.29) is 12.2 Å². The normalized spacial score (nSPS) is 28.8. The fraction of sp³-hybridized carbons (Fsp3) is 0.941. The Labute approximate surface area is 130 Å². The molecule has 0 saturated carbocycles. The highest BCUT2D eigenvalue weighted by Crippen LogP contribution is 2.25. The van der Waals surface area contributed by atoms with Gasteiger partial charge in [-0.1, -0.05) is 34.1 Å². The number of likely N-dealkylation sites (tertiary alicyclic amines) is 1. The molecule has 1 N–H and O–H groups in total. The van der Waals surface area contributed by atoms with Crippen molar-refractivity contribution in [2.24, 2.45) is 11.8 Å². The molecule has 0 aliphatic carbocycles. The Morgan fingerprint density at radius 3 is 2.43 bits per heavy atom. The molecule has 0 aromatic rings. The van der Waals surface area contributed by atoms with E-state index in [4.69, 9.17) is 0 Å². The van der Waals surface area contributed by atoms with Crippen LogP contribution in [-0.2, 0) is 4.79 Å². The molecule has 2 aliphatic rings. The average Bonchev–Trinajstić information content (AvgIpc) is 2.78. The largest absolute Gasteiger partial charge is 0.326 e. The predicted octanol–water partition coefficient (Wildman–Crippen LogP) is 2.30. The van der Waals surface area contributed by atoms with Gasteiger partial charge in [0.05, 0.1) is 12.2 Å². The van der Waals surface area contributed by atoms with Crippen molar-refractivity contribution >= 4 is 5.91 Å². The second-order valence-corrected chi connectivity index (χ2v) is 7.06. The average molecular weight is 295 g/mol. The van der Waals surface area contributed by atoms with Crippen LogP contribution in [0, 0.1) is 11.8 Å². The molecule has 122 valence electrons. The minimum Gasteiger partial charge on any atom is -0.326 e. The van der Waals surface area contributed by atoms with E-state index in [1.165, 1.54) is 25.9 Å². The van der Waals surface area contributed by atoms with Crippen LogP contribution >= 0.6 is 0 Å². The van der Waals surface area contributed by atoms with Crippen LogP contribution in [0.4, 0.5) is 0 Å². The van der Waals surface area contributed by atoms with E-state index in [9.17, 15) is 4.79 Å². The van der Waals surface area contributed by atoms with Gasteiger partial charge in [0, 0.05) is 6.54 Å². The van der Waals surface area contributed by atoms with Crippen LogP contribution in [-0.4, -0.2) is 54.1 Å². The predicted molar refractivity (Wildman–Crippen MR) is 87.0 cm³/mol. The van der Waals surface area contributed by atoms with Crippen molar-refractivity contribution in [1.29, 1.82) is 0 Å². The Kier molecular flexibility index (Phi) is 6.06. The number of nitrogens with one attached hydrogen (secondary N) is 1. The van der Waals surface area contributed by atoms with Gasteiger partial charge in [-0.3, -0.25) is 10.1 Å². The summed E-state index contributed by atoms with van der Waals surface area (Å²) in [6, 6.07) is 0.0253. The van der Waals surface area contributed by atoms with Crippen molar-refractivity contribution < 1.29 is 4.79 Å². The van der Waals surface area contributed by atoms with Crippen LogP contribution in [0.3, 0.4) is 0 Å². The highest BCUT2D eigenvalue weighted by Gasteiger charge is 2.40. The lowest BCUT2D eigenvalue weighted by molar-refractivity contribution is -0.131. The van der Waals surface area contributed by atoms with Crippen molar-refractivity contribution in [1.82, 2.24) is 15.1 Å². The van der Waals surface area contributed by atoms with Crippen molar-refractivity contribution in [2.45, 2.75) is 65.6 Å². The van der Waals surface area contributed by atoms with Gasteiger partial charge in [-0.05, 0) is 50.7 Å². The van der Waals surface area contributed by atoms with Crippen molar-refractivity contribution in [3.05, 3.63) is 0 Å². The summed E-state index contributed by atoms with van der Waals surface area (Å²) in [7, 11) is 0. The van der Waals surface area contributed by atoms with Crippen LogP contribution in [0.25, 0.3) is 0 Å². The van der Waals surface area contributed by atoms with E-state index in [2.05, 4.69) is 42.8 Å². The van der Waals surface area contributed by atoms with Crippen LogP contribution < -0.4 is 5.32 Å². The summed E-state index contributed by atoms with van der Waals surface area (Å²) >= 11 is 0. The van der Waals surface area contributed by atoms with Gasteiger partial charge in [0.25, 0.3) is 0 Å². The number of rotatable bonds is 6. The molecule has 2 heterocycles. The van der Waals surface area contributed by atoms with Crippen molar-refractivity contribution in [3.63, 3.8) is 0 Å². The van der Waals surface area contributed by atoms with E-state index in [1.807, 2.05) is 0 Å². The Balaban J connectivity index is 1.94. The number of carbonyl (C=O) groups is 1. The van der Waals surface area contributed by atoms with Crippen LogP contribution in [0.15, 0.2) is 0 Å². The molecule has 0 aromatic heterocycles. The number of hydrogen-bond acceptors (Lipinski definition) is 3. The maximum Gasteiger partial charge on any atom is 0.241 e. The van der Waals surface area contributed by atoms with Crippen molar-refractivity contribution in [3.8, 4) is 0 Å². The molecule has 2 rings (SSSR count). The zero-order chi connectivity index (χ0) is 15.4. The smallest absolute Gasteiger partial charge is 0.241 e. The first kappa shape index (κ1) is 16.8. The lowest BCUT2D eigenvalue weighted by Gasteiger charge is -2.34. The summed E-state index contributed by atoms with van der Waals surface area (Å²) in [5.74, 6) is 1.40. The maximum atomic E-state index is 12.7. The summed E-state index contributed by atoms with van der Waals surface area (Å²) in [5.41, 5.74) is 0. The molecule has 4 heteroatoms. The summed E-state index contributed by atoms with van der Waals surface area (Å²) < 4.78 is 0. The highest BCUT2D eigenvalue weighted by atomic mass is 16.2. The molecule has 21 heavy (non-hydrogen) atoms. The third kappa shape index (κ3) is 3.98. The molecular formula is C17H33N3O. The first-order valence-corrected chi connectivity index (χ1v) is 8.85. The molecule has 0 bridgehead atoms. The third-order valence-corrected chi connectivity index (χ3v) is 5.14. The third-order valence-electron chi connectivity index (χ3n) is 5.14. The number of carbonyl (C=O) groups excluding carboxylic acids is 1. The summed E-state index contributed by atoms with van der Waals surface area (Å²) in [4.78, 5) is 17.3. The van der Waals surface area contributed by atoms with E-state index < -0.39 is 0 Å². The van der Waals surface area contributed by atoms with Crippen LogP contribution in [0.1, 0.15) is 53.4 Å². The molecule has 2 fully saturated rings. The molecule has 2 atom stereocenters. The van der Waals surface area contributed by atoms with Gasteiger partial charge in [0.2, 0.25) is 5.91 Å². The van der Waals surface area contributed by atoms with Gasteiger partial charge in [0.15, 0.2) is 0 Å². The molecule has 1 amide bonds. The first-order chi connectivity index (χ1) is 10.1. The molecule has 2 saturated heterocycles. The van der Waals surface area contributed by atoms with Gasteiger partial charge in [-0.2, -0.15) is 0 Å². The number of piperidine rings is 1. The second-order valence-electron chi connectivity index (χ2n) is 7.06. The van der Waals surface area contributed by atoms with Crippen molar-refractivity contribution in [2.75, 3.05) is 26.2 Å². The minimum atomic E-state index is 0.0253. The van der Waals surface area contributed by atoms with Gasteiger partial charge in [0.1, 0.15) is 0 Å². The summed E-state index contributed by atoms with van der Waals surface area (Å²) in [6.45, 7) is 13.2. The van der Waals surface area contributed by atoms with E-state index >= 15 is 0 Å². The van der Waals surface area contributed by atoms with Gasteiger partial charge in [-0.25, -0.2) is 0 Å². The lowest BCUT2D eigenvalue weighted by atomic mass is 9.95. The zero-order valence-electron chi connectivity index (χ0n) is 14.3. The minimum absolute atomic E-state index is 0.0253. The molecule has 2 unspecified atom stereocenters. The monoisotopic (exact) mass is 295 g/mol. The van der Waals surface area contributed by atoms with Crippen LogP contribution in [0.5, 0.6) is 0 Å². The van der Waals surface area contributed by atoms with E-state index in [0.717, 1.165) is 25.9 Å².